The lowest BCUT2D eigenvalue weighted by Gasteiger charge is -2.25. The predicted molar refractivity (Wildman–Crippen MR) is 52.5 cm³/mol. The van der Waals surface area contributed by atoms with Crippen molar-refractivity contribution in [2.75, 3.05) is 6.54 Å². The zero-order valence-corrected chi connectivity index (χ0v) is 8.96. The summed E-state index contributed by atoms with van der Waals surface area (Å²) < 4.78 is 23.8. The van der Waals surface area contributed by atoms with Crippen LogP contribution in [0.2, 0.25) is 0 Å². The normalized spacial score (nSPS) is 14.1. The fourth-order valence-electron chi connectivity index (χ4n) is 1.03. The average Bonchev–Trinajstić information content (AvgIpc) is 2.23. The quantitative estimate of drug-likeness (QED) is 0.605. The first-order valence-corrected chi connectivity index (χ1v) is 4.90. The van der Waals surface area contributed by atoms with Crippen molar-refractivity contribution in [1.82, 2.24) is 5.32 Å². The number of halogens is 2. The maximum atomic E-state index is 11.9. The van der Waals surface area contributed by atoms with Crippen molar-refractivity contribution in [1.29, 1.82) is 0 Å². The van der Waals surface area contributed by atoms with Gasteiger partial charge in [-0.2, -0.15) is 0 Å². The van der Waals surface area contributed by atoms with E-state index in [1.54, 1.807) is 13.8 Å². The van der Waals surface area contributed by atoms with Crippen molar-refractivity contribution in [2.24, 2.45) is 5.73 Å². The van der Waals surface area contributed by atoms with E-state index in [0.29, 0.717) is 12.8 Å². The SMILES string of the molecule is CCC(N)(CC)C(=O)NCC(O)C(F)F. The Kier molecular flexibility index (Phi) is 5.67. The zero-order chi connectivity index (χ0) is 12.1. The summed E-state index contributed by atoms with van der Waals surface area (Å²) in [5.41, 5.74) is 4.68. The van der Waals surface area contributed by atoms with E-state index in [4.69, 9.17) is 10.8 Å². The molecule has 0 aliphatic rings. The molecule has 6 heteroatoms. The first-order chi connectivity index (χ1) is 6.87. The monoisotopic (exact) mass is 224 g/mol. The van der Waals surface area contributed by atoms with E-state index in [2.05, 4.69) is 5.32 Å². The van der Waals surface area contributed by atoms with Gasteiger partial charge in [0, 0.05) is 6.54 Å². The third kappa shape index (κ3) is 4.09. The summed E-state index contributed by atoms with van der Waals surface area (Å²) in [6.45, 7) is 3.01. The minimum absolute atomic E-state index is 0.417. The Labute approximate surface area is 87.8 Å². The number of aliphatic hydroxyl groups excluding tert-OH is 1. The molecular formula is C9H18F2N2O2. The molecular weight excluding hydrogens is 206 g/mol. The second-order valence-corrected chi connectivity index (χ2v) is 3.48. The van der Waals surface area contributed by atoms with Crippen molar-refractivity contribution in [2.45, 2.75) is 44.8 Å². The number of hydrogen-bond acceptors (Lipinski definition) is 3. The van der Waals surface area contributed by atoms with E-state index in [-0.39, 0.29) is 0 Å². The van der Waals surface area contributed by atoms with Gasteiger partial charge >= 0.3 is 0 Å². The molecule has 0 bridgehead atoms. The third-order valence-electron chi connectivity index (χ3n) is 2.48. The van der Waals surface area contributed by atoms with E-state index in [1.807, 2.05) is 0 Å². The number of aliphatic hydroxyl groups is 1. The van der Waals surface area contributed by atoms with E-state index < -0.39 is 30.5 Å². The Bertz CT molecular complexity index is 208. The molecule has 0 aromatic heterocycles. The fourth-order valence-corrected chi connectivity index (χ4v) is 1.03. The van der Waals surface area contributed by atoms with Gasteiger partial charge in [-0.3, -0.25) is 4.79 Å². The molecule has 0 aliphatic heterocycles. The molecule has 15 heavy (non-hydrogen) atoms. The lowest BCUT2D eigenvalue weighted by molar-refractivity contribution is -0.127. The molecule has 0 heterocycles. The molecule has 0 fully saturated rings. The minimum Gasteiger partial charge on any atom is -0.385 e. The van der Waals surface area contributed by atoms with Gasteiger partial charge in [0.05, 0.1) is 5.54 Å². The van der Waals surface area contributed by atoms with Gasteiger partial charge in [0.1, 0.15) is 6.10 Å². The Balaban J connectivity index is 4.14. The summed E-state index contributed by atoms with van der Waals surface area (Å²) in [4.78, 5) is 11.5. The predicted octanol–water partition coefficient (Wildman–Crippen LogP) is 0.246. The van der Waals surface area contributed by atoms with Crippen molar-refractivity contribution >= 4 is 5.91 Å². The van der Waals surface area contributed by atoms with Gasteiger partial charge in [0.25, 0.3) is 6.43 Å². The van der Waals surface area contributed by atoms with Crippen LogP contribution in [-0.2, 0) is 4.79 Å². The molecule has 0 aliphatic carbocycles. The maximum absolute atomic E-state index is 11.9. The summed E-state index contributed by atoms with van der Waals surface area (Å²) in [6, 6.07) is 0. The molecule has 0 aromatic carbocycles. The van der Waals surface area contributed by atoms with Crippen LogP contribution in [0.5, 0.6) is 0 Å². The minimum atomic E-state index is -2.86. The Morgan fingerprint density at radius 1 is 1.47 bits per heavy atom. The average molecular weight is 224 g/mol. The van der Waals surface area contributed by atoms with Gasteiger partial charge in [-0.05, 0) is 12.8 Å². The van der Waals surface area contributed by atoms with Gasteiger partial charge in [0.2, 0.25) is 5.91 Å². The number of carbonyl (C=O) groups excluding carboxylic acids is 1. The van der Waals surface area contributed by atoms with Gasteiger partial charge in [0.15, 0.2) is 0 Å². The van der Waals surface area contributed by atoms with Crippen molar-refractivity contribution in [3.05, 3.63) is 0 Å². The lowest BCUT2D eigenvalue weighted by Crippen LogP contribution is -2.54. The highest BCUT2D eigenvalue weighted by Crippen LogP contribution is 2.11. The van der Waals surface area contributed by atoms with Gasteiger partial charge in [-0.1, -0.05) is 13.8 Å². The van der Waals surface area contributed by atoms with Crippen LogP contribution in [-0.4, -0.2) is 35.6 Å². The molecule has 1 atom stereocenters. The van der Waals surface area contributed by atoms with E-state index >= 15 is 0 Å². The van der Waals surface area contributed by atoms with Gasteiger partial charge in [-0.25, -0.2) is 8.78 Å². The standard InChI is InChI=1S/C9H18F2N2O2/c1-3-9(12,4-2)8(15)13-5-6(14)7(10)11/h6-7,14H,3-5,12H2,1-2H3,(H,13,15). The third-order valence-corrected chi connectivity index (χ3v) is 2.48. The molecule has 0 radical (unpaired) electrons. The van der Waals surface area contributed by atoms with Crippen LogP contribution in [0, 0.1) is 0 Å². The number of hydrogen-bond donors (Lipinski definition) is 3. The Morgan fingerprint density at radius 2 is 1.93 bits per heavy atom. The number of nitrogens with one attached hydrogen (secondary N) is 1. The number of amides is 1. The zero-order valence-electron chi connectivity index (χ0n) is 8.96. The van der Waals surface area contributed by atoms with E-state index in [1.165, 1.54) is 0 Å². The molecule has 0 saturated heterocycles. The molecule has 1 unspecified atom stereocenters. The molecule has 90 valence electrons. The second-order valence-electron chi connectivity index (χ2n) is 3.48. The van der Waals surface area contributed by atoms with Crippen LogP contribution < -0.4 is 11.1 Å². The number of alkyl halides is 2. The molecule has 0 spiro atoms. The topological polar surface area (TPSA) is 75.4 Å². The maximum Gasteiger partial charge on any atom is 0.265 e. The fraction of sp³-hybridized carbons (Fsp3) is 0.889. The number of nitrogens with two attached hydrogens (primary N) is 1. The summed E-state index contributed by atoms with van der Waals surface area (Å²) in [5.74, 6) is -0.507. The van der Waals surface area contributed by atoms with Crippen molar-refractivity contribution in [3.8, 4) is 0 Å². The van der Waals surface area contributed by atoms with E-state index in [0.717, 1.165) is 0 Å². The van der Waals surface area contributed by atoms with Crippen LogP contribution in [0.3, 0.4) is 0 Å². The van der Waals surface area contributed by atoms with Crippen molar-refractivity contribution < 1.29 is 18.7 Å². The first kappa shape index (κ1) is 14.2. The van der Waals surface area contributed by atoms with Crippen LogP contribution in [0.15, 0.2) is 0 Å². The summed E-state index contributed by atoms with van der Waals surface area (Å²) in [7, 11) is 0. The van der Waals surface area contributed by atoms with Crippen molar-refractivity contribution in [3.63, 3.8) is 0 Å². The van der Waals surface area contributed by atoms with Crippen LogP contribution in [0.25, 0.3) is 0 Å². The number of carbonyl (C=O) groups is 1. The summed E-state index contributed by atoms with van der Waals surface area (Å²) in [5, 5.41) is 11.0. The first-order valence-electron chi connectivity index (χ1n) is 4.90. The molecule has 4 nitrogen and oxygen atoms in total. The van der Waals surface area contributed by atoms with Crippen LogP contribution >= 0.6 is 0 Å². The molecule has 4 N–H and O–H groups in total. The highest BCUT2D eigenvalue weighted by molar-refractivity contribution is 5.85. The lowest BCUT2D eigenvalue weighted by atomic mass is 9.93. The van der Waals surface area contributed by atoms with E-state index in [9.17, 15) is 13.6 Å². The Morgan fingerprint density at radius 3 is 2.27 bits per heavy atom. The molecule has 0 rings (SSSR count). The summed E-state index contributed by atoms with van der Waals surface area (Å²) in [6.07, 6.45) is -3.87. The highest BCUT2D eigenvalue weighted by Gasteiger charge is 2.30. The number of rotatable bonds is 6. The van der Waals surface area contributed by atoms with Crippen LogP contribution in [0.4, 0.5) is 8.78 Å². The highest BCUT2D eigenvalue weighted by atomic mass is 19.3. The molecule has 0 saturated carbocycles. The van der Waals surface area contributed by atoms with Gasteiger partial charge in [-0.15, -0.1) is 0 Å². The smallest absolute Gasteiger partial charge is 0.265 e. The Hall–Kier alpha value is -0.750. The molecule has 0 aromatic rings. The molecule has 1 amide bonds. The van der Waals surface area contributed by atoms with Crippen LogP contribution in [0.1, 0.15) is 26.7 Å². The second kappa shape index (κ2) is 5.97. The largest absolute Gasteiger partial charge is 0.385 e. The van der Waals surface area contributed by atoms with Gasteiger partial charge < -0.3 is 16.2 Å². The summed E-state index contributed by atoms with van der Waals surface area (Å²) >= 11 is 0.